The molecule has 0 radical (unpaired) electrons. The van der Waals surface area contributed by atoms with Crippen molar-refractivity contribution in [2.75, 3.05) is 18.9 Å². The van der Waals surface area contributed by atoms with E-state index in [2.05, 4.69) is 5.32 Å². The molecule has 1 aromatic rings. The molecule has 0 saturated heterocycles. The van der Waals surface area contributed by atoms with Crippen molar-refractivity contribution >= 4 is 29.9 Å². The van der Waals surface area contributed by atoms with E-state index < -0.39 is 6.04 Å². The summed E-state index contributed by atoms with van der Waals surface area (Å²) in [6, 6.07) is 3.48. The minimum Gasteiger partial charge on any atom is -0.335 e. The number of rotatable bonds is 6. The summed E-state index contributed by atoms with van der Waals surface area (Å²) in [5.41, 5.74) is 9.94. The van der Waals surface area contributed by atoms with E-state index in [0.29, 0.717) is 0 Å². The molecule has 6 heteroatoms. The van der Waals surface area contributed by atoms with Gasteiger partial charge in [-0.1, -0.05) is 38.0 Å². The van der Waals surface area contributed by atoms with Crippen molar-refractivity contribution in [1.82, 2.24) is 4.90 Å². The highest BCUT2D eigenvalue weighted by molar-refractivity contribution is 5.96. The average Bonchev–Trinajstić information content (AvgIpc) is 2.48. The van der Waals surface area contributed by atoms with Gasteiger partial charge in [-0.2, -0.15) is 0 Å². The highest BCUT2D eigenvalue weighted by Crippen LogP contribution is 2.21. The molecule has 0 aliphatic carbocycles. The third kappa shape index (κ3) is 5.80. The summed E-state index contributed by atoms with van der Waals surface area (Å²) >= 11 is 0. The molecular weight excluding hydrogens is 326 g/mol. The predicted molar refractivity (Wildman–Crippen MR) is 102 cm³/mol. The molecule has 24 heavy (non-hydrogen) atoms. The number of carbonyl (C=O) groups is 2. The molecular formula is C18H30ClN3O2. The van der Waals surface area contributed by atoms with Crippen molar-refractivity contribution in [3.8, 4) is 0 Å². The Morgan fingerprint density at radius 1 is 1.21 bits per heavy atom. The summed E-state index contributed by atoms with van der Waals surface area (Å²) in [6.07, 6.45) is 0.828. The number of nitrogens with one attached hydrogen (secondary N) is 1. The first-order chi connectivity index (χ1) is 10.7. The summed E-state index contributed by atoms with van der Waals surface area (Å²) in [5.74, 6) is -0.325. The fourth-order valence-corrected chi connectivity index (χ4v) is 2.60. The molecule has 3 N–H and O–H groups in total. The lowest BCUT2D eigenvalue weighted by molar-refractivity contribution is -0.135. The molecule has 1 rings (SSSR count). The Bertz CT molecular complexity index is 567. The Balaban J connectivity index is 0.00000529. The van der Waals surface area contributed by atoms with Gasteiger partial charge in [0, 0.05) is 12.7 Å². The number of nitrogens with two attached hydrogens (primary N) is 1. The Kier molecular flexibility index (Phi) is 9.01. The van der Waals surface area contributed by atoms with Crippen molar-refractivity contribution in [2.45, 2.75) is 47.1 Å². The fourth-order valence-electron chi connectivity index (χ4n) is 2.60. The molecule has 0 fully saturated rings. The second-order valence-electron chi connectivity index (χ2n) is 6.43. The molecule has 2 amide bonds. The minimum atomic E-state index is -0.569. The van der Waals surface area contributed by atoms with Crippen molar-refractivity contribution in [1.29, 1.82) is 0 Å². The van der Waals surface area contributed by atoms with Crippen LogP contribution in [-0.2, 0) is 9.59 Å². The molecule has 5 nitrogen and oxygen atoms in total. The van der Waals surface area contributed by atoms with E-state index in [4.69, 9.17) is 5.73 Å². The van der Waals surface area contributed by atoms with E-state index in [9.17, 15) is 9.59 Å². The van der Waals surface area contributed by atoms with Crippen LogP contribution in [0.2, 0.25) is 0 Å². The molecule has 0 aromatic heterocycles. The van der Waals surface area contributed by atoms with E-state index in [0.717, 1.165) is 28.8 Å². The maximum Gasteiger partial charge on any atom is 0.243 e. The van der Waals surface area contributed by atoms with Gasteiger partial charge in [-0.25, -0.2) is 0 Å². The number of halogens is 1. The highest BCUT2D eigenvalue weighted by atomic mass is 35.5. The quantitative estimate of drug-likeness (QED) is 0.823. The minimum absolute atomic E-state index is 0. The Hall–Kier alpha value is -1.59. The zero-order valence-electron chi connectivity index (χ0n) is 15.5. The van der Waals surface area contributed by atoms with E-state index in [-0.39, 0.29) is 36.7 Å². The Morgan fingerprint density at radius 3 is 2.17 bits per heavy atom. The molecule has 2 unspecified atom stereocenters. The van der Waals surface area contributed by atoms with Crippen LogP contribution in [-0.4, -0.2) is 36.3 Å². The number of likely N-dealkylation sites (N-methyl/N-ethyl adjacent to an activating group) is 1. The monoisotopic (exact) mass is 355 g/mol. The van der Waals surface area contributed by atoms with Gasteiger partial charge < -0.3 is 16.0 Å². The second kappa shape index (κ2) is 9.64. The van der Waals surface area contributed by atoms with Crippen LogP contribution >= 0.6 is 12.4 Å². The van der Waals surface area contributed by atoms with Crippen LogP contribution in [0.25, 0.3) is 0 Å². The summed E-state index contributed by atoms with van der Waals surface area (Å²) < 4.78 is 0. The first kappa shape index (κ1) is 22.4. The second-order valence-corrected chi connectivity index (χ2v) is 6.43. The lowest BCUT2D eigenvalue weighted by atomic mass is 9.99. The zero-order chi connectivity index (χ0) is 17.7. The van der Waals surface area contributed by atoms with Crippen molar-refractivity contribution in [3.05, 3.63) is 28.8 Å². The van der Waals surface area contributed by atoms with E-state index >= 15 is 0 Å². The van der Waals surface area contributed by atoms with Crippen LogP contribution in [0.3, 0.4) is 0 Å². The standard InChI is InChI=1S/C18H29N3O2.ClH/c1-7-12(3)16(19)18(23)21(6)10-15(22)20-17-13(4)8-11(2)9-14(17)5;/h8-9,12,16H,7,10,19H2,1-6H3,(H,20,22);1H. The van der Waals surface area contributed by atoms with Crippen molar-refractivity contribution in [3.63, 3.8) is 0 Å². The van der Waals surface area contributed by atoms with Crippen molar-refractivity contribution in [2.24, 2.45) is 11.7 Å². The maximum atomic E-state index is 12.2. The van der Waals surface area contributed by atoms with Gasteiger partial charge in [-0.05, 0) is 37.8 Å². The first-order valence-electron chi connectivity index (χ1n) is 8.05. The van der Waals surface area contributed by atoms with Gasteiger partial charge in [-0.15, -0.1) is 12.4 Å². The SMILES string of the molecule is CCC(C)C(N)C(=O)N(C)CC(=O)Nc1c(C)cc(C)cc1C.Cl. The topological polar surface area (TPSA) is 75.4 Å². The normalized spacial score (nSPS) is 12.8. The maximum absolute atomic E-state index is 12.2. The molecule has 2 atom stereocenters. The first-order valence-corrected chi connectivity index (χ1v) is 8.05. The molecule has 1 aromatic carbocycles. The number of anilines is 1. The fraction of sp³-hybridized carbons (Fsp3) is 0.556. The molecule has 0 aliphatic rings. The van der Waals surface area contributed by atoms with Gasteiger partial charge in [0.2, 0.25) is 11.8 Å². The van der Waals surface area contributed by atoms with Crippen molar-refractivity contribution < 1.29 is 9.59 Å². The van der Waals surface area contributed by atoms with Gasteiger partial charge in [0.15, 0.2) is 0 Å². The van der Waals surface area contributed by atoms with Crippen LogP contribution < -0.4 is 11.1 Å². The number of aryl methyl sites for hydroxylation is 3. The average molecular weight is 356 g/mol. The number of nitrogens with zero attached hydrogens (tertiary/aromatic N) is 1. The summed E-state index contributed by atoms with van der Waals surface area (Å²) in [4.78, 5) is 25.9. The summed E-state index contributed by atoms with van der Waals surface area (Å²) in [7, 11) is 1.61. The lowest BCUT2D eigenvalue weighted by Gasteiger charge is -2.24. The molecule has 0 bridgehead atoms. The van der Waals surface area contributed by atoms with Crippen LogP contribution in [0.15, 0.2) is 12.1 Å². The van der Waals surface area contributed by atoms with E-state index in [1.54, 1.807) is 7.05 Å². The molecule has 0 heterocycles. The van der Waals surface area contributed by atoms with E-state index in [1.807, 2.05) is 46.8 Å². The number of benzene rings is 1. The van der Waals surface area contributed by atoms with Crippen LogP contribution in [0.4, 0.5) is 5.69 Å². The summed E-state index contributed by atoms with van der Waals surface area (Å²) in [5, 5.41) is 2.90. The predicted octanol–water partition coefficient (Wildman–Crippen LogP) is 2.80. The lowest BCUT2D eigenvalue weighted by Crippen LogP contribution is -2.47. The van der Waals surface area contributed by atoms with Gasteiger partial charge >= 0.3 is 0 Å². The van der Waals surface area contributed by atoms with Gasteiger partial charge in [0.05, 0.1) is 12.6 Å². The molecule has 136 valence electrons. The van der Waals surface area contributed by atoms with Gasteiger partial charge in [0.1, 0.15) is 0 Å². The largest absolute Gasteiger partial charge is 0.335 e. The Labute approximate surface area is 151 Å². The Morgan fingerprint density at radius 2 is 1.71 bits per heavy atom. The van der Waals surface area contributed by atoms with Crippen LogP contribution in [0, 0.1) is 26.7 Å². The molecule has 0 saturated carbocycles. The van der Waals surface area contributed by atoms with E-state index in [1.165, 1.54) is 4.90 Å². The van der Waals surface area contributed by atoms with Gasteiger partial charge in [-0.3, -0.25) is 9.59 Å². The van der Waals surface area contributed by atoms with Gasteiger partial charge in [0.25, 0.3) is 0 Å². The summed E-state index contributed by atoms with van der Waals surface area (Å²) in [6.45, 7) is 9.87. The van der Waals surface area contributed by atoms with Crippen LogP contribution in [0.1, 0.15) is 37.0 Å². The number of carbonyl (C=O) groups excluding carboxylic acids is 2. The number of hydrogen-bond acceptors (Lipinski definition) is 3. The number of hydrogen-bond donors (Lipinski definition) is 2. The molecule has 0 aliphatic heterocycles. The van der Waals surface area contributed by atoms with Crippen LogP contribution in [0.5, 0.6) is 0 Å². The zero-order valence-corrected chi connectivity index (χ0v) is 16.3. The number of amides is 2. The third-order valence-electron chi connectivity index (χ3n) is 4.24. The molecule has 0 spiro atoms. The smallest absolute Gasteiger partial charge is 0.243 e. The highest BCUT2D eigenvalue weighted by Gasteiger charge is 2.24. The third-order valence-corrected chi connectivity index (χ3v) is 4.24.